The summed E-state index contributed by atoms with van der Waals surface area (Å²) >= 11 is 5.68. The largest absolute Gasteiger partial charge is 0.334 e. The molecule has 0 aromatic heterocycles. The van der Waals surface area contributed by atoms with Gasteiger partial charge in [-0.15, -0.1) is 4.83 Å². The van der Waals surface area contributed by atoms with E-state index in [0.717, 1.165) is 0 Å². The molecule has 0 bridgehead atoms. The second kappa shape index (κ2) is 6.57. The summed E-state index contributed by atoms with van der Waals surface area (Å²) in [5.41, 5.74) is 2.61. The van der Waals surface area contributed by atoms with E-state index in [9.17, 15) is 13.2 Å². The first-order valence-electron chi connectivity index (χ1n) is 5.87. The van der Waals surface area contributed by atoms with Crippen LogP contribution >= 0.6 is 11.6 Å². The summed E-state index contributed by atoms with van der Waals surface area (Å²) < 4.78 is 23.8. The third-order valence-electron chi connectivity index (χ3n) is 2.45. The highest BCUT2D eigenvalue weighted by Crippen LogP contribution is 2.13. The Morgan fingerprint density at radius 1 is 0.952 bits per heavy atom. The van der Waals surface area contributed by atoms with Crippen molar-refractivity contribution in [2.45, 2.75) is 4.90 Å². The molecule has 2 aromatic rings. The predicted octanol–water partition coefficient (Wildman–Crippen LogP) is 2.36. The molecule has 2 aromatic carbocycles. The molecule has 2 rings (SSSR count). The molecule has 0 fully saturated rings. The van der Waals surface area contributed by atoms with Crippen LogP contribution in [0.4, 0.5) is 10.5 Å². The molecule has 0 saturated carbocycles. The monoisotopic (exact) mass is 325 g/mol. The van der Waals surface area contributed by atoms with E-state index < -0.39 is 16.1 Å². The van der Waals surface area contributed by atoms with Gasteiger partial charge in [0.2, 0.25) is 0 Å². The zero-order valence-electron chi connectivity index (χ0n) is 10.7. The third kappa shape index (κ3) is 4.45. The lowest BCUT2D eigenvalue weighted by molar-refractivity contribution is 0.250. The van der Waals surface area contributed by atoms with E-state index in [4.69, 9.17) is 11.6 Å². The molecule has 0 aliphatic heterocycles. The Labute approximate surface area is 127 Å². The summed E-state index contributed by atoms with van der Waals surface area (Å²) in [4.78, 5) is 13.5. The molecule has 0 spiro atoms. The van der Waals surface area contributed by atoms with Gasteiger partial charge in [0.15, 0.2) is 0 Å². The zero-order chi connectivity index (χ0) is 15.3. The Balaban J connectivity index is 1.95. The number of anilines is 1. The van der Waals surface area contributed by atoms with Crippen molar-refractivity contribution in [3.05, 3.63) is 59.6 Å². The van der Waals surface area contributed by atoms with Gasteiger partial charge in [-0.3, -0.25) is 5.43 Å². The van der Waals surface area contributed by atoms with Crippen LogP contribution in [0.2, 0.25) is 5.02 Å². The maximum absolute atomic E-state index is 11.9. The molecule has 6 nitrogen and oxygen atoms in total. The molecule has 0 aliphatic rings. The molecule has 21 heavy (non-hydrogen) atoms. The number of nitrogens with one attached hydrogen (secondary N) is 3. The molecule has 3 N–H and O–H groups in total. The number of hydrogen-bond donors (Lipinski definition) is 3. The van der Waals surface area contributed by atoms with Crippen molar-refractivity contribution in [2.24, 2.45) is 0 Å². The highest BCUT2D eigenvalue weighted by Gasteiger charge is 2.14. The highest BCUT2D eigenvalue weighted by molar-refractivity contribution is 7.89. The fraction of sp³-hybridized carbons (Fsp3) is 0. The van der Waals surface area contributed by atoms with Crippen molar-refractivity contribution >= 4 is 33.3 Å². The van der Waals surface area contributed by atoms with Gasteiger partial charge in [-0.25, -0.2) is 13.2 Å². The molecule has 0 atom stereocenters. The zero-order valence-corrected chi connectivity index (χ0v) is 12.3. The molecule has 0 heterocycles. The van der Waals surface area contributed by atoms with Gasteiger partial charge in [0.1, 0.15) is 0 Å². The number of urea groups is 1. The third-order valence-corrected chi connectivity index (χ3v) is 3.97. The standard InChI is InChI=1S/C13H12ClN3O3S/c14-10-6-8-12(9-7-10)21(19,20)17-16-13(18)15-11-4-2-1-3-5-11/h1-9,17H,(H2,15,16,18). The van der Waals surface area contributed by atoms with Crippen LogP contribution in [0.15, 0.2) is 59.5 Å². The van der Waals surface area contributed by atoms with Crippen molar-refractivity contribution in [2.75, 3.05) is 5.32 Å². The molecular weight excluding hydrogens is 314 g/mol. The van der Waals surface area contributed by atoms with Gasteiger partial charge in [-0.1, -0.05) is 29.8 Å². The van der Waals surface area contributed by atoms with E-state index in [0.29, 0.717) is 10.7 Å². The van der Waals surface area contributed by atoms with E-state index in [1.807, 2.05) is 4.83 Å². The van der Waals surface area contributed by atoms with Gasteiger partial charge in [-0.2, -0.15) is 0 Å². The Morgan fingerprint density at radius 3 is 2.19 bits per heavy atom. The van der Waals surface area contributed by atoms with Gasteiger partial charge < -0.3 is 5.32 Å². The van der Waals surface area contributed by atoms with Gasteiger partial charge >= 0.3 is 6.03 Å². The van der Waals surface area contributed by atoms with Crippen LogP contribution < -0.4 is 15.6 Å². The van der Waals surface area contributed by atoms with Gasteiger partial charge in [-0.05, 0) is 36.4 Å². The van der Waals surface area contributed by atoms with Crippen LogP contribution in [0.5, 0.6) is 0 Å². The molecule has 0 saturated heterocycles. The Bertz CT molecular complexity index is 718. The van der Waals surface area contributed by atoms with Crippen LogP contribution in [0.3, 0.4) is 0 Å². The molecule has 110 valence electrons. The lowest BCUT2D eigenvalue weighted by Gasteiger charge is -2.09. The van der Waals surface area contributed by atoms with Gasteiger partial charge in [0, 0.05) is 10.7 Å². The minimum Gasteiger partial charge on any atom is -0.307 e. The quantitative estimate of drug-likeness (QED) is 0.754. The van der Waals surface area contributed by atoms with Crippen LogP contribution in [-0.4, -0.2) is 14.4 Å². The lowest BCUT2D eigenvalue weighted by Crippen LogP contribution is -2.43. The topological polar surface area (TPSA) is 87.3 Å². The van der Waals surface area contributed by atoms with Crippen LogP contribution in [0.25, 0.3) is 0 Å². The summed E-state index contributed by atoms with van der Waals surface area (Å²) in [6, 6.07) is 13.5. The summed E-state index contributed by atoms with van der Waals surface area (Å²) in [7, 11) is -3.84. The fourth-order valence-electron chi connectivity index (χ4n) is 1.47. The van der Waals surface area contributed by atoms with Gasteiger partial charge in [0.25, 0.3) is 10.0 Å². The number of carbonyl (C=O) groups excluding carboxylic acids is 1. The molecule has 8 heteroatoms. The van der Waals surface area contributed by atoms with Crippen molar-refractivity contribution in [1.82, 2.24) is 10.3 Å². The summed E-state index contributed by atoms with van der Waals surface area (Å²) in [6.07, 6.45) is 0. The Morgan fingerprint density at radius 2 is 1.57 bits per heavy atom. The van der Waals surface area contributed by atoms with E-state index in [2.05, 4.69) is 10.7 Å². The second-order valence-electron chi connectivity index (χ2n) is 4.00. The molecule has 2 amide bonds. The average Bonchev–Trinajstić information content (AvgIpc) is 2.47. The Kier molecular flexibility index (Phi) is 4.79. The smallest absolute Gasteiger partial charge is 0.307 e. The summed E-state index contributed by atoms with van der Waals surface area (Å²) in [5.74, 6) is 0. The maximum atomic E-state index is 11.9. The van der Waals surface area contributed by atoms with E-state index in [-0.39, 0.29) is 4.90 Å². The number of sulfonamides is 1. The summed E-state index contributed by atoms with van der Waals surface area (Å²) in [6.45, 7) is 0. The normalized spacial score (nSPS) is 10.9. The van der Waals surface area contributed by atoms with Crippen molar-refractivity contribution in [1.29, 1.82) is 0 Å². The number of hydrazine groups is 1. The minimum absolute atomic E-state index is 0.00749. The van der Waals surface area contributed by atoms with E-state index in [1.54, 1.807) is 30.3 Å². The second-order valence-corrected chi connectivity index (χ2v) is 6.12. The molecule has 0 aliphatic carbocycles. The Hall–Kier alpha value is -2.09. The number of hydrogen-bond acceptors (Lipinski definition) is 3. The fourth-order valence-corrected chi connectivity index (χ4v) is 2.44. The van der Waals surface area contributed by atoms with Gasteiger partial charge in [0.05, 0.1) is 4.90 Å². The van der Waals surface area contributed by atoms with E-state index in [1.165, 1.54) is 24.3 Å². The number of amides is 2. The molecular formula is C13H12ClN3O3S. The maximum Gasteiger partial charge on any atom is 0.334 e. The highest BCUT2D eigenvalue weighted by atomic mass is 35.5. The first-order valence-corrected chi connectivity index (χ1v) is 7.73. The van der Waals surface area contributed by atoms with Crippen molar-refractivity contribution in [3.63, 3.8) is 0 Å². The number of rotatable bonds is 4. The molecule has 0 radical (unpaired) electrons. The molecule has 0 unspecified atom stereocenters. The minimum atomic E-state index is -3.84. The SMILES string of the molecule is O=C(NNS(=O)(=O)c1ccc(Cl)cc1)Nc1ccccc1. The first kappa shape index (κ1) is 15.3. The number of halogens is 1. The number of benzene rings is 2. The lowest BCUT2D eigenvalue weighted by atomic mass is 10.3. The number of carbonyl (C=O) groups is 1. The van der Waals surface area contributed by atoms with Crippen LogP contribution in [0, 0.1) is 0 Å². The predicted molar refractivity (Wildman–Crippen MR) is 80.4 cm³/mol. The number of para-hydroxylation sites is 1. The van der Waals surface area contributed by atoms with Crippen LogP contribution in [-0.2, 0) is 10.0 Å². The van der Waals surface area contributed by atoms with Crippen molar-refractivity contribution in [3.8, 4) is 0 Å². The summed E-state index contributed by atoms with van der Waals surface area (Å²) in [5, 5.41) is 2.90. The van der Waals surface area contributed by atoms with E-state index >= 15 is 0 Å². The van der Waals surface area contributed by atoms with Crippen molar-refractivity contribution < 1.29 is 13.2 Å². The average molecular weight is 326 g/mol. The first-order chi connectivity index (χ1) is 9.97. The van der Waals surface area contributed by atoms with Crippen LogP contribution in [0.1, 0.15) is 0 Å².